The molecule has 3 nitrogen and oxygen atoms in total. The lowest BCUT2D eigenvalue weighted by atomic mass is 10.3. The van der Waals surface area contributed by atoms with Crippen LogP contribution in [0.2, 0.25) is 0 Å². The minimum Gasteiger partial charge on any atom is -0.458 e. The molecule has 1 aromatic rings. The number of nitrogens with zero attached hydrogens (tertiary/aromatic N) is 1. The van der Waals surface area contributed by atoms with Crippen LogP contribution in [0.5, 0.6) is 0 Å². The Morgan fingerprint density at radius 3 is 3.17 bits per heavy atom. The number of hydrogen-bond acceptors (Lipinski definition) is 3. The summed E-state index contributed by atoms with van der Waals surface area (Å²) >= 11 is 0. The molecule has 0 aliphatic heterocycles. The number of esters is 1. The maximum absolute atomic E-state index is 10.6. The summed E-state index contributed by atoms with van der Waals surface area (Å²) in [5, 5.41) is 0. The molecule has 1 rings (SSSR count). The molecule has 1 heterocycles. The van der Waals surface area contributed by atoms with E-state index in [4.69, 9.17) is 4.74 Å². The predicted molar refractivity (Wildman–Crippen MR) is 44.2 cm³/mol. The highest BCUT2D eigenvalue weighted by Gasteiger charge is 1.95. The van der Waals surface area contributed by atoms with E-state index in [9.17, 15) is 4.79 Å². The van der Waals surface area contributed by atoms with Gasteiger partial charge in [-0.05, 0) is 6.07 Å². The molecule has 0 saturated heterocycles. The van der Waals surface area contributed by atoms with Gasteiger partial charge in [0.05, 0.1) is 0 Å². The van der Waals surface area contributed by atoms with Crippen molar-refractivity contribution < 1.29 is 9.53 Å². The van der Waals surface area contributed by atoms with Crippen LogP contribution in [-0.2, 0) is 16.1 Å². The van der Waals surface area contributed by atoms with E-state index >= 15 is 0 Å². The summed E-state index contributed by atoms with van der Waals surface area (Å²) < 4.78 is 4.78. The Morgan fingerprint density at radius 1 is 1.75 bits per heavy atom. The monoisotopic (exact) mass is 163 g/mol. The number of carbonyl (C=O) groups excluding carboxylic acids is 1. The van der Waals surface area contributed by atoms with Crippen LogP contribution in [0, 0.1) is 0 Å². The highest BCUT2D eigenvalue weighted by Crippen LogP contribution is 1.97. The smallest absolute Gasteiger partial charge is 0.330 e. The third kappa shape index (κ3) is 2.54. The lowest BCUT2D eigenvalue weighted by molar-refractivity contribution is -0.138. The first-order valence-electron chi connectivity index (χ1n) is 3.51. The Hall–Kier alpha value is -1.64. The van der Waals surface area contributed by atoms with E-state index in [1.807, 2.05) is 6.07 Å². The molecule has 0 saturated carbocycles. The Balaban J connectivity index is 2.43. The van der Waals surface area contributed by atoms with E-state index in [0.717, 1.165) is 11.6 Å². The van der Waals surface area contributed by atoms with Crippen LogP contribution >= 0.6 is 0 Å². The molecule has 0 aliphatic rings. The van der Waals surface area contributed by atoms with Gasteiger partial charge >= 0.3 is 5.97 Å². The van der Waals surface area contributed by atoms with Gasteiger partial charge in [-0.3, -0.25) is 4.98 Å². The first kappa shape index (κ1) is 8.46. The summed E-state index contributed by atoms with van der Waals surface area (Å²) in [4.78, 5) is 14.5. The Morgan fingerprint density at radius 2 is 2.58 bits per heavy atom. The van der Waals surface area contributed by atoms with Crippen molar-refractivity contribution >= 4 is 5.97 Å². The molecule has 3 heteroatoms. The first-order chi connectivity index (χ1) is 5.83. The van der Waals surface area contributed by atoms with Crippen molar-refractivity contribution in [3.05, 3.63) is 42.7 Å². The van der Waals surface area contributed by atoms with Crippen LogP contribution < -0.4 is 0 Å². The fourth-order valence-electron chi connectivity index (χ4n) is 0.697. The molecule has 0 unspecified atom stereocenters. The third-order valence-corrected chi connectivity index (χ3v) is 1.27. The van der Waals surface area contributed by atoms with Gasteiger partial charge in [-0.1, -0.05) is 12.6 Å². The van der Waals surface area contributed by atoms with Crippen molar-refractivity contribution in [2.24, 2.45) is 0 Å². The maximum atomic E-state index is 10.6. The Kier molecular flexibility index (Phi) is 3.02. The number of pyridine rings is 1. The second-order valence-electron chi connectivity index (χ2n) is 2.17. The minimum atomic E-state index is -0.418. The molecule has 0 atom stereocenters. The zero-order valence-electron chi connectivity index (χ0n) is 6.56. The molecular weight excluding hydrogens is 154 g/mol. The van der Waals surface area contributed by atoms with Crippen LogP contribution in [0.1, 0.15) is 5.56 Å². The van der Waals surface area contributed by atoms with Crippen LogP contribution in [0.15, 0.2) is 37.2 Å². The van der Waals surface area contributed by atoms with E-state index in [1.54, 1.807) is 18.5 Å². The van der Waals surface area contributed by atoms with Gasteiger partial charge in [-0.25, -0.2) is 4.79 Å². The molecule has 1 aromatic heterocycles. The SMILES string of the molecule is C=CC(=O)OCc1cccnc1. The molecule has 0 spiro atoms. The van der Waals surface area contributed by atoms with Gasteiger partial charge in [0.25, 0.3) is 0 Å². The number of carbonyl (C=O) groups is 1. The van der Waals surface area contributed by atoms with Crippen LogP contribution in [0.25, 0.3) is 0 Å². The van der Waals surface area contributed by atoms with Gasteiger partial charge in [0.15, 0.2) is 0 Å². The maximum Gasteiger partial charge on any atom is 0.330 e. The lowest BCUT2D eigenvalue weighted by Gasteiger charge is -1.99. The molecule has 0 N–H and O–H groups in total. The molecular formula is C9H9NO2. The number of hydrogen-bond donors (Lipinski definition) is 0. The van der Waals surface area contributed by atoms with Gasteiger partial charge in [-0.2, -0.15) is 0 Å². The van der Waals surface area contributed by atoms with Gasteiger partial charge in [-0.15, -0.1) is 0 Å². The molecule has 12 heavy (non-hydrogen) atoms. The number of aromatic nitrogens is 1. The van der Waals surface area contributed by atoms with Crippen LogP contribution in [0.3, 0.4) is 0 Å². The van der Waals surface area contributed by atoms with E-state index in [0.29, 0.717) is 0 Å². The zero-order chi connectivity index (χ0) is 8.81. The lowest BCUT2D eigenvalue weighted by Crippen LogP contribution is -1.99. The second-order valence-corrected chi connectivity index (χ2v) is 2.17. The van der Waals surface area contributed by atoms with Gasteiger partial charge < -0.3 is 4.74 Å². The first-order valence-corrected chi connectivity index (χ1v) is 3.51. The largest absolute Gasteiger partial charge is 0.458 e. The minimum absolute atomic E-state index is 0.249. The molecule has 0 aromatic carbocycles. The van der Waals surface area contributed by atoms with Crippen molar-refractivity contribution in [1.82, 2.24) is 4.98 Å². The van der Waals surface area contributed by atoms with E-state index < -0.39 is 5.97 Å². The molecule has 0 radical (unpaired) electrons. The van der Waals surface area contributed by atoms with Gasteiger partial charge in [0.1, 0.15) is 6.61 Å². The molecule has 0 amide bonds. The summed E-state index contributed by atoms with van der Waals surface area (Å²) in [6, 6.07) is 3.63. The van der Waals surface area contributed by atoms with Gasteiger partial charge in [0, 0.05) is 24.0 Å². The fourth-order valence-corrected chi connectivity index (χ4v) is 0.697. The Labute approximate surface area is 70.7 Å². The summed E-state index contributed by atoms with van der Waals surface area (Å²) in [7, 11) is 0. The second kappa shape index (κ2) is 4.28. The van der Waals surface area contributed by atoms with Crippen molar-refractivity contribution in [1.29, 1.82) is 0 Å². The highest BCUT2D eigenvalue weighted by atomic mass is 16.5. The predicted octanol–water partition coefficient (Wildman–Crippen LogP) is 1.31. The highest BCUT2D eigenvalue weighted by molar-refractivity contribution is 5.81. The fraction of sp³-hybridized carbons (Fsp3) is 0.111. The van der Waals surface area contributed by atoms with E-state index in [1.165, 1.54) is 0 Å². The summed E-state index contributed by atoms with van der Waals surface area (Å²) in [6.45, 7) is 3.53. The molecule has 0 fully saturated rings. The quantitative estimate of drug-likeness (QED) is 0.498. The standard InChI is InChI=1S/C9H9NO2/c1-2-9(11)12-7-8-4-3-5-10-6-8/h2-6H,1,7H2. The van der Waals surface area contributed by atoms with Crippen molar-refractivity contribution in [3.63, 3.8) is 0 Å². The average molecular weight is 163 g/mol. The van der Waals surface area contributed by atoms with Crippen molar-refractivity contribution in [3.8, 4) is 0 Å². The van der Waals surface area contributed by atoms with Gasteiger partial charge in [0.2, 0.25) is 0 Å². The number of ether oxygens (including phenoxy) is 1. The molecule has 62 valence electrons. The van der Waals surface area contributed by atoms with Crippen LogP contribution in [0.4, 0.5) is 0 Å². The third-order valence-electron chi connectivity index (χ3n) is 1.27. The topological polar surface area (TPSA) is 39.2 Å². The molecule has 0 bridgehead atoms. The van der Waals surface area contributed by atoms with Crippen molar-refractivity contribution in [2.45, 2.75) is 6.61 Å². The molecule has 0 aliphatic carbocycles. The van der Waals surface area contributed by atoms with Crippen LogP contribution in [-0.4, -0.2) is 11.0 Å². The summed E-state index contributed by atoms with van der Waals surface area (Å²) in [6.07, 6.45) is 4.45. The van der Waals surface area contributed by atoms with E-state index in [2.05, 4.69) is 11.6 Å². The summed E-state index contributed by atoms with van der Waals surface area (Å²) in [5.74, 6) is -0.418. The summed E-state index contributed by atoms with van der Waals surface area (Å²) in [5.41, 5.74) is 0.868. The number of rotatable bonds is 3. The average Bonchev–Trinajstić information content (AvgIpc) is 2.16. The normalized spacial score (nSPS) is 9.00. The zero-order valence-corrected chi connectivity index (χ0v) is 6.56. The Bertz CT molecular complexity index is 269. The van der Waals surface area contributed by atoms with Crippen molar-refractivity contribution in [2.75, 3.05) is 0 Å². The van der Waals surface area contributed by atoms with E-state index in [-0.39, 0.29) is 6.61 Å².